The molecule has 0 saturated heterocycles. The first kappa shape index (κ1) is 11.1. The van der Waals surface area contributed by atoms with Gasteiger partial charge >= 0.3 is 0 Å². The molecule has 0 bridgehead atoms. The molecule has 2 unspecified atom stereocenters. The molecule has 0 aromatic carbocycles. The van der Waals surface area contributed by atoms with Crippen LogP contribution in [0.4, 0.5) is 0 Å². The Bertz CT molecular complexity index is 286. The molecule has 0 radical (unpaired) electrons. The van der Waals surface area contributed by atoms with Gasteiger partial charge in [0.05, 0.1) is 11.4 Å². The fourth-order valence-corrected chi connectivity index (χ4v) is 1.77. The topological polar surface area (TPSA) is 37.8 Å². The van der Waals surface area contributed by atoms with Gasteiger partial charge in [-0.3, -0.25) is 9.97 Å². The van der Waals surface area contributed by atoms with Gasteiger partial charge in [0.2, 0.25) is 0 Å². The lowest BCUT2D eigenvalue weighted by atomic mass is 9.93. The van der Waals surface area contributed by atoms with E-state index in [-0.39, 0.29) is 0 Å². The molecular weight excluding hydrogens is 174 g/mol. The van der Waals surface area contributed by atoms with Gasteiger partial charge in [0.15, 0.2) is 0 Å². The van der Waals surface area contributed by atoms with E-state index in [1.807, 2.05) is 14.0 Å². The van der Waals surface area contributed by atoms with E-state index in [2.05, 4.69) is 29.1 Å². The maximum Gasteiger partial charge on any atom is 0.0662 e. The maximum atomic E-state index is 4.42. The van der Waals surface area contributed by atoms with Crippen LogP contribution in [0.1, 0.15) is 37.6 Å². The molecule has 0 aliphatic carbocycles. The third kappa shape index (κ3) is 2.29. The smallest absolute Gasteiger partial charge is 0.0662 e. The molecule has 1 aromatic heterocycles. The molecular formula is C11H19N3. The number of aromatic nitrogens is 2. The Hall–Kier alpha value is -0.960. The van der Waals surface area contributed by atoms with E-state index in [9.17, 15) is 0 Å². The van der Waals surface area contributed by atoms with Crippen molar-refractivity contribution in [2.24, 2.45) is 0 Å². The monoisotopic (exact) mass is 193 g/mol. The van der Waals surface area contributed by atoms with Crippen molar-refractivity contribution < 1.29 is 0 Å². The third-order valence-electron chi connectivity index (χ3n) is 2.77. The van der Waals surface area contributed by atoms with Crippen LogP contribution in [0.25, 0.3) is 0 Å². The minimum absolute atomic E-state index is 0.440. The molecule has 0 amide bonds. The SMILES string of the molecule is CCC(c1nccnc1C)C(C)NC. The molecule has 1 rings (SSSR count). The predicted molar refractivity (Wildman–Crippen MR) is 58.3 cm³/mol. The van der Waals surface area contributed by atoms with Crippen LogP contribution in [-0.2, 0) is 0 Å². The first-order valence-corrected chi connectivity index (χ1v) is 5.15. The number of likely N-dealkylation sites (N-methyl/N-ethyl adjacent to an activating group) is 1. The lowest BCUT2D eigenvalue weighted by Crippen LogP contribution is -2.29. The molecule has 0 saturated carbocycles. The zero-order valence-corrected chi connectivity index (χ0v) is 9.41. The van der Waals surface area contributed by atoms with E-state index in [4.69, 9.17) is 0 Å². The van der Waals surface area contributed by atoms with Crippen LogP contribution < -0.4 is 5.32 Å². The molecule has 0 aliphatic rings. The van der Waals surface area contributed by atoms with E-state index in [0.29, 0.717) is 12.0 Å². The molecule has 3 nitrogen and oxygen atoms in total. The van der Waals surface area contributed by atoms with E-state index < -0.39 is 0 Å². The molecule has 3 heteroatoms. The van der Waals surface area contributed by atoms with Gasteiger partial charge in [-0.25, -0.2) is 0 Å². The van der Waals surface area contributed by atoms with Crippen molar-refractivity contribution in [2.75, 3.05) is 7.05 Å². The maximum absolute atomic E-state index is 4.42. The summed E-state index contributed by atoms with van der Waals surface area (Å²) in [5.74, 6) is 0.452. The summed E-state index contributed by atoms with van der Waals surface area (Å²) in [5, 5.41) is 3.27. The van der Waals surface area contributed by atoms with Crippen LogP contribution >= 0.6 is 0 Å². The summed E-state index contributed by atoms with van der Waals surface area (Å²) in [4.78, 5) is 8.69. The van der Waals surface area contributed by atoms with Crippen molar-refractivity contribution in [1.29, 1.82) is 0 Å². The van der Waals surface area contributed by atoms with Crippen LogP contribution in [0.2, 0.25) is 0 Å². The minimum atomic E-state index is 0.440. The molecule has 2 atom stereocenters. The number of hydrogen-bond acceptors (Lipinski definition) is 3. The van der Waals surface area contributed by atoms with Gasteiger partial charge < -0.3 is 5.32 Å². The normalized spacial score (nSPS) is 15.1. The molecule has 0 fully saturated rings. The van der Waals surface area contributed by atoms with Crippen molar-refractivity contribution in [2.45, 2.75) is 39.2 Å². The number of nitrogens with one attached hydrogen (secondary N) is 1. The average Bonchev–Trinajstić information content (AvgIpc) is 2.21. The Morgan fingerprint density at radius 1 is 1.36 bits per heavy atom. The van der Waals surface area contributed by atoms with E-state index >= 15 is 0 Å². The summed E-state index contributed by atoms with van der Waals surface area (Å²) in [5.41, 5.74) is 2.17. The average molecular weight is 193 g/mol. The van der Waals surface area contributed by atoms with Gasteiger partial charge in [0.25, 0.3) is 0 Å². The standard InChI is InChI=1S/C11H19N3/c1-5-10(8(2)12-4)11-9(3)13-6-7-14-11/h6-8,10,12H,5H2,1-4H3. The van der Waals surface area contributed by atoms with E-state index in [0.717, 1.165) is 17.8 Å². The highest BCUT2D eigenvalue weighted by atomic mass is 14.9. The van der Waals surface area contributed by atoms with Crippen molar-refractivity contribution in [3.63, 3.8) is 0 Å². The van der Waals surface area contributed by atoms with Crippen molar-refractivity contribution in [3.8, 4) is 0 Å². The van der Waals surface area contributed by atoms with Crippen molar-refractivity contribution in [1.82, 2.24) is 15.3 Å². The second-order valence-corrected chi connectivity index (χ2v) is 3.62. The van der Waals surface area contributed by atoms with Crippen molar-refractivity contribution in [3.05, 3.63) is 23.8 Å². The van der Waals surface area contributed by atoms with Gasteiger partial charge in [-0.05, 0) is 27.3 Å². The van der Waals surface area contributed by atoms with Crippen LogP contribution in [0, 0.1) is 6.92 Å². The van der Waals surface area contributed by atoms with Gasteiger partial charge in [-0.2, -0.15) is 0 Å². The minimum Gasteiger partial charge on any atom is -0.317 e. The number of rotatable bonds is 4. The fraction of sp³-hybridized carbons (Fsp3) is 0.636. The summed E-state index contributed by atoms with van der Waals surface area (Å²) < 4.78 is 0. The largest absolute Gasteiger partial charge is 0.317 e. The molecule has 14 heavy (non-hydrogen) atoms. The van der Waals surface area contributed by atoms with Crippen LogP contribution in [-0.4, -0.2) is 23.1 Å². The van der Waals surface area contributed by atoms with Crippen LogP contribution in [0.3, 0.4) is 0 Å². The first-order chi connectivity index (χ1) is 6.70. The van der Waals surface area contributed by atoms with Crippen molar-refractivity contribution >= 4 is 0 Å². The Kier molecular flexibility index (Phi) is 4.01. The molecule has 1 aromatic rings. The van der Waals surface area contributed by atoms with Gasteiger partial charge in [-0.15, -0.1) is 0 Å². The third-order valence-corrected chi connectivity index (χ3v) is 2.77. The summed E-state index contributed by atoms with van der Waals surface area (Å²) in [6.07, 6.45) is 4.60. The molecule has 0 aliphatic heterocycles. The quantitative estimate of drug-likeness (QED) is 0.793. The van der Waals surface area contributed by atoms with Gasteiger partial charge in [0, 0.05) is 24.4 Å². The van der Waals surface area contributed by atoms with Gasteiger partial charge in [0.1, 0.15) is 0 Å². The predicted octanol–water partition coefficient (Wildman–Crippen LogP) is 1.89. The zero-order valence-electron chi connectivity index (χ0n) is 9.41. The Morgan fingerprint density at radius 3 is 2.50 bits per heavy atom. The second kappa shape index (κ2) is 5.05. The van der Waals surface area contributed by atoms with Gasteiger partial charge in [-0.1, -0.05) is 6.92 Å². The summed E-state index contributed by atoms with van der Waals surface area (Å²) in [7, 11) is 1.99. The summed E-state index contributed by atoms with van der Waals surface area (Å²) in [6.45, 7) is 6.39. The fourth-order valence-electron chi connectivity index (χ4n) is 1.77. The highest BCUT2D eigenvalue weighted by Crippen LogP contribution is 2.22. The molecule has 78 valence electrons. The number of nitrogens with zero attached hydrogens (tertiary/aromatic N) is 2. The molecule has 1 heterocycles. The van der Waals surface area contributed by atoms with E-state index in [1.165, 1.54) is 0 Å². The highest BCUT2D eigenvalue weighted by molar-refractivity contribution is 5.15. The molecule has 0 spiro atoms. The lowest BCUT2D eigenvalue weighted by Gasteiger charge is -2.22. The molecule has 1 N–H and O–H groups in total. The highest BCUT2D eigenvalue weighted by Gasteiger charge is 2.19. The summed E-state index contributed by atoms with van der Waals surface area (Å²) in [6, 6.07) is 0.440. The van der Waals surface area contributed by atoms with Crippen LogP contribution in [0.15, 0.2) is 12.4 Å². The summed E-state index contributed by atoms with van der Waals surface area (Å²) >= 11 is 0. The zero-order chi connectivity index (χ0) is 10.6. The Balaban J connectivity index is 2.94. The number of aryl methyl sites for hydroxylation is 1. The van der Waals surface area contributed by atoms with Crippen LogP contribution in [0.5, 0.6) is 0 Å². The number of hydrogen-bond donors (Lipinski definition) is 1. The lowest BCUT2D eigenvalue weighted by molar-refractivity contribution is 0.470. The Labute approximate surface area is 86.0 Å². The first-order valence-electron chi connectivity index (χ1n) is 5.15. The Morgan fingerprint density at radius 2 is 2.00 bits per heavy atom. The van der Waals surface area contributed by atoms with E-state index in [1.54, 1.807) is 12.4 Å². The second-order valence-electron chi connectivity index (χ2n) is 3.62.